The molecule has 0 spiro atoms. The van der Waals surface area contributed by atoms with E-state index in [1.807, 2.05) is 0 Å². The Morgan fingerprint density at radius 1 is 1.25 bits per heavy atom. The van der Waals surface area contributed by atoms with Crippen LogP contribution < -0.4 is 0 Å². The van der Waals surface area contributed by atoms with Gasteiger partial charge in [-0.3, -0.25) is 4.79 Å². The second-order valence-corrected chi connectivity index (χ2v) is 5.93. The molecule has 0 unspecified atom stereocenters. The largest absolute Gasteiger partial charge is 0.489 e. The first kappa shape index (κ1) is 15.5. The zero-order valence-electron chi connectivity index (χ0n) is 12.3. The Kier molecular flexibility index (Phi) is 5.61. The lowest BCUT2D eigenvalue weighted by Gasteiger charge is -2.35. The summed E-state index contributed by atoms with van der Waals surface area (Å²) < 4.78 is 5.75. The van der Waals surface area contributed by atoms with E-state index in [0.717, 1.165) is 19.3 Å². The van der Waals surface area contributed by atoms with E-state index in [1.165, 1.54) is 12.8 Å². The van der Waals surface area contributed by atoms with Gasteiger partial charge in [0.1, 0.15) is 18.0 Å². The van der Waals surface area contributed by atoms with Crippen LogP contribution >= 0.6 is 0 Å². The molecule has 20 heavy (non-hydrogen) atoms. The van der Waals surface area contributed by atoms with Gasteiger partial charge in [0.2, 0.25) is 0 Å². The third kappa shape index (κ3) is 3.61. The molecular weight excluding hydrogens is 256 g/mol. The van der Waals surface area contributed by atoms with Crippen molar-refractivity contribution in [3.05, 3.63) is 11.3 Å². The maximum atomic E-state index is 11.8. The molecular formula is C16H26O4. The van der Waals surface area contributed by atoms with Crippen LogP contribution in [0.25, 0.3) is 0 Å². The maximum absolute atomic E-state index is 11.8. The van der Waals surface area contributed by atoms with Crippen molar-refractivity contribution in [1.82, 2.24) is 0 Å². The molecule has 0 radical (unpaired) electrons. The molecule has 0 amide bonds. The van der Waals surface area contributed by atoms with Crippen molar-refractivity contribution < 1.29 is 19.7 Å². The monoisotopic (exact) mass is 282 g/mol. The number of carbonyl (C=O) groups is 1. The topological polar surface area (TPSA) is 66.8 Å². The fourth-order valence-corrected chi connectivity index (χ4v) is 3.05. The number of unbranched alkanes of at least 4 members (excludes halogenated alkanes) is 3. The summed E-state index contributed by atoms with van der Waals surface area (Å²) in [4.78, 5) is 11.8. The van der Waals surface area contributed by atoms with Crippen LogP contribution in [0, 0.1) is 0 Å². The summed E-state index contributed by atoms with van der Waals surface area (Å²) in [6.45, 7) is 2.16. The number of aliphatic hydroxyl groups is 2. The van der Waals surface area contributed by atoms with E-state index in [-0.39, 0.29) is 11.9 Å². The molecule has 114 valence electrons. The van der Waals surface area contributed by atoms with Crippen LogP contribution in [-0.4, -0.2) is 34.3 Å². The third-order valence-corrected chi connectivity index (χ3v) is 4.32. The van der Waals surface area contributed by atoms with Crippen LogP contribution in [0.5, 0.6) is 0 Å². The molecule has 2 aliphatic rings. The molecule has 1 heterocycles. The first-order valence-electron chi connectivity index (χ1n) is 7.92. The summed E-state index contributed by atoms with van der Waals surface area (Å²) in [5.74, 6) is 0.534. The van der Waals surface area contributed by atoms with Crippen molar-refractivity contribution in [2.24, 2.45) is 0 Å². The van der Waals surface area contributed by atoms with Gasteiger partial charge in [0, 0.05) is 12.0 Å². The van der Waals surface area contributed by atoms with Crippen molar-refractivity contribution in [2.75, 3.05) is 0 Å². The van der Waals surface area contributed by atoms with E-state index in [4.69, 9.17) is 4.74 Å². The van der Waals surface area contributed by atoms with Crippen LogP contribution in [0.2, 0.25) is 0 Å². The van der Waals surface area contributed by atoms with Gasteiger partial charge in [0.25, 0.3) is 0 Å². The molecule has 2 N–H and O–H groups in total. The molecule has 0 aromatic heterocycles. The first-order valence-corrected chi connectivity index (χ1v) is 7.92. The Bertz CT molecular complexity index is 375. The molecule has 0 aromatic rings. The average molecular weight is 282 g/mol. The van der Waals surface area contributed by atoms with E-state index >= 15 is 0 Å². The summed E-state index contributed by atoms with van der Waals surface area (Å²) >= 11 is 0. The van der Waals surface area contributed by atoms with Crippen molar-refractivity contribution >= 4 is 5.78 Å². The zero-order valence-corrected chi connectivity index (χ0v) is 12.3. The summed E-state index contributed by atoms with van der Waals surface area (Å²) in [5, 5.41) is 20.2. The Labute approximate surface area is 120 Å². The molecule has 4 nitrogen and oxygen atoms in total. The van der Waals surface area contributed by atoms with E-state index in [2.05, 4.69) is 6.92 Å². The number of aliphatic hydroxyl groups excluding tert-OH is 2. The van der Waals surface area contributed by atoms with E-state index in [0.29, 0.717) is 37.0 Å². The van der Waals surface area contributed by atoms with E-state index < -0.39 is 12.2 Å². The lowest BCUT2D eigenvalue weighted by atomic mass is 9.87. The minimum atomic E-state index is -0.669. The molecule has 2 rings (SSSR count). The van der Waals surface area contributed by atoms with E-state index in [9.17, 15) is 15.0 Å². The molecule has 0 bridgehead atoms. The molecule has 1 aliphatic heterocycles. The fraction of sp³-hybridized carbons (Fsp3) is 0.812. The van der Waals surface area contributed by atoms with Crippen LogP contribution in [0.1, 0.15) is 64.7 Å². The summed E-state index contributed by atoms with van der Waals surface area (Å²) in [6, 6.07) is 0. The second-order valence-electron chi connectivity index (χ2n) is 5.93. The number of carbonyl (C=O) groups excluding carboxylic acids is 1. The standard InChI is InChI=1S/C16H26O4/c1-2-3-4-5-6-13(18)15-10-7-11-12(17)8-9-14(19)16(11)20-15/h13-15,18-19H,2-10H2,1H3/t13-,14-,15+/m1/s1. The number of ether oxygens (including phenoxy) is 1. The number of ketones is 1. The van der Waals surface area contributed by atoms with Crippen molar-refractivity contribution in [2.45, 2.75) is 83.0 Å². The molecule has 4 heteroatoms. The molecule has 1 aliphatic carbocycles. The van der Waals surface area contributed by atoms with Gasteiger partial charge in [-0.1, -0.05) is 32.6 Å². The third-order valence-electron chi connectivity index (χ3n) is 4.32. The minimum absolute atomic E-state index is 0.0983. The summed E-state index contributed by atoms with van der Waals surface area (Å²) in [7, 11) is 0. The van der Waals surface area contributed by atoms with Crippen LogP contribution in [0.3, 0.4) is 0 Å². The molecule has 0 fully saturated rings. The normalized spacial score (nSPS) is 28.1. The first-order chi connectivity index (χ1) is 9.63. The SMILES string of the molecule is CCCCCC[C@@H](O)[C@@H]1CCC2=C(O1)[C@H](O)CCC2=O. The lowest BCUT2D eigenvalue weighted by molar-refractivity contribution is -0.120. The van der Waals surface area contributed by atoms with Crippen LogP contribution in [0.4, 0.5) is 0 Å². The Balaban J connectivity index is 1.89. The second kappa shape index (κ2) is 7.23. The van der Waals surface area contributed by atoms with Crippen molar-refractivity contribution in [3.63, 3.8) is 0 Å². The highest BCUT2D eigenvalue weighted by molar-refractivity contribution is 5.97. The quantitative estimate of drug-likeness (QED) is 0.734. The highest BCUT2D eigenvalue weighted by atomic mass is 16.5. The zero-order chi connectivity index (χ0) is 14.5. The van der Waals surface area contributed by atoms with Gasteiger partial charge in [-0.15, -0.1) is 0 Å². The highest BCUT2D eigenvalue weighted by Crippen LogP contribution is 2.34. The summed E-state index contributed by atoms with van der Waals surface area (Å²) in [5.41, 5.74) is 0.651. The average Bonchev–Trinajstić information content (AvgIpc) is 2.47. The minimum Gasteiger partial charge on any atom is -0.489 e. The predicted octanol–water partition coefficient (Wildman–Crippen LogP) is 2.47. The van der Waals surface area contributed by atoms with Crippen molar-refractivity contribution in [3.8, 4) is 0 Å². The smallest absolute Gasteiger partial charge is 0.162 e. The van der Waals surface area contributed by atoms with Gasteiger partial charge in [0.05, 0.1) is 6.10 Å². The Morgan fingerprint density at radius 3 is 2.80 bits per heavy atom. The van der Waals surface area contributed by atoms with Gasteiger partial charge < -0.3 is 14.9 Å². The van der Waals surface area contributed by atoms with Gasteiger partial charge in [0.15, 0.2) is 5.78 Å². The van der Waals surface area contributed by atoms with Gasteiger partial charge in [-0.2, -0.15) is 0 Å². The van der Waals surface area contributed by atoms with Crippen LogP contribution in [0.15, 0.2) is 11.3 Å². The number of allylic oxidation sites excluding steroid dienone is 1. The van der Waals surface area contributed by atoms with Gasteiger partial charge in [-0.25, -0.2) is 0 Å². The maximum Gasteiger partial charge on any atom is 0.162 e. The molecule has 3 atom stereocenters. The number of Topliss-reactive ketones (excluding diaryl/α,β-unsaturated/α-hetero) is 1. The predicted molar refractivity (Wildman–Crippen MR) is 76.1 cm³/mol. The Morgan fingerprint density at radius 2 is 2.05 bits per heavy atom. The molecule has 0 saturated heterocycles. The number of rotatable bonds is 6. The van der Waals surface area contributed by atoms with E-state index in [1.54, 1.807) is 0 Å². The lowest BCUT2D eigenvalue weighted by Crippen LogP contribution is -2.37. The number of hydrogen-bond acceptors (Lipinski definition) is 4. The van der Waals surface area contributed by atoms with Gasteiger partial charge >= 0.3 is 0 Å². The van der Waals surface area contributed by atoms with Crippen molar-refractivity contribution in [1.29, 1.82) is 0 Å². The summed E-state index contributed by atoms with van der Waals surface area (Å²) in [6.07, 6.45) is 5.97. The molecule has 0 aromatic carbocycles. The fourth-order valence-electron chi connectivity index (χ4n) is 3.05. The molecule has 0 saturated carbocycles. The Hall–Kier alpha value is -0.870. The van der Waals surface area contributed by atoms with Crippen LogP contribution in [-0.2, 0) is 9.53 Å². The number of hydrogen-bond donors (Lipinski definition) is 2. The highest BCUT2D eigenvalue weighted by Gasteiger charge is 2.36. The van der Waals surface area contributed by atoms with Gasteiger partial charge in [-0.05, 0) is 25.7 Å².